The second kappa shape index (κ2) is 11.3. The highest BCUT2D eigenvalue weighted by molar-refractivity contribution is 6.08. The monoisotopic (exact) mass is 615 g/mol. The molecule has 226 valence electrons. The van der Waals surface area contributed by atoms with Crippen LogP contribution in [0.3, 0.4) is 0 Å². The maximum absolute atomic E-state index is 5.25. The number of fused-ring (bicyclic) bond motifs is 4. The number of benzene rings is 6. The lowest BCUT2D eigenvalue weighted by Crippen LogP contribution is -2.30. The van der Waals surface area contributed by atoms with Gasteiger partial charge in [-0.15, -0.1) is 0 Å². The lowest BCUT2D eigenvalue weighted by molar-refractivity contribution is -0.617. The number of aromatic nitrogens is 3. The van der Waals surface area contributed by atoms with Crippen LogP contribution >= 0.6 is 0 Å². The van der Waals surface area contributed by atoms with E-state index in [2.05, 4.69) is 187 Å². The highest BCUT2D eigenvalue weighted by Crippen LogP contribution is 2.38. The van der Waals surface area contributed by atoms with Crippen molar-refractivity contribution in [3.63, 3.8) is 0 Å². The highest BCUT2D eigenvalue weighted by atomic mass is 14.9. The average molecular weight is 616 g/mol. The lowest BCUT2D eigenvalue weighted by Gasteiger charge is -2.13. The minimum Gasteiger partial charge on any atom is -0.248 e. The van der Waals surface area contributed by atoms with Crippen LogP contribution in [0, 0.1) is 0 Å². The largest absolute Gasteiger partial charge is 0.248 e. The van der Waals surface area contributed by atoms with E-state index in [1.807, 2.05) is 0 Å². The molecule has 0 unspecified atom stereocenters. The quantitative estimate of drug-likeness (QED) is 0.143. The van der Waals surface area contributed by atoms with Crippen LogP contribution in [0.15, 0.2) is 164 Å². The molecule has 0 atom stereocenters. The maximum atomic E-state index is 5.25. The third kappa shape index (κ3) is 4.47. The molecule has 0 saturated carbocycles. The molecular weight excluding hydrogens is 583 g/mol. The van der Waals surface area contributed by atoms with Crippen molar-refractivity contribution in [3.8, 4) is 44.8 Å². The fourth-order valence-corrected chi connectivity index (χ4v) is 7.51. The number of hydrogen-bond donors (Lipinski definition) is 0. The Labute approximate surface area is 279 Å². The zero-order valence-corrected chi connectivity index (χ0v) is 26.9. The maximum Gasteiger partial charge on any atom is 0.213 e. The van der Waals surface area contributed by atoms with Crippen molar-refractivity contribution in [2.75, 3.05) is 0 Å². The molecule has 9 aromatic rings. The van der Waals surface area contributed by atoms with Gasteiger partial charge < -0.3 is 0 Å². The molecule has 0 spiro atoms. The van der Waals surface area contributed by atoms with Crippen LogP contribution in [0.2, 0.25) is 0 Å². The smallest absolute Gasteiger partial charge is 0.213 e. The number of hydrogen-bond acceptors (Lipinski definition) is 1. The van der Waals surface area contributed by atoms with Gasteiger partial charge in [-0.3, -0.25) is 0 Å². The van der Waals surface area contributed by atoms with Gasteiger partial charge in [-0.2, -0.15) is 9.13 Å². The van der Waals surface area contributed by atoms with Crippen molar-refractivity contribution in [1.29, 1.82) is 0 Å². The summed E-state index contributed by atoms with van der Waals surface area (Å²) in [7, 11) is 4.30. The van der Waals surface area contributed by atoms with Crippen LogP contribution in [0.4, 0.5) is 0 Å². The lowest BCUT2D eigenvalue weighted by atomic mass is 9.93. The zero-order valence-electron chi connectivity index (χ0n) is 26.9. The Morgan fingerprint density at radius 1 is 0.333 bits per heavy atom. The highest BCUT2D eigenvalue weighted by Gasteiger charge is 2.20. The standard InChI is InChI=1S/C45H33N3/c1-47-40-24-7-3-18-34(40)44(35-19-4-8-25-41(35)47)32-16-11-14-30(28-32)38-22-13-23-39(46-38)31-15-12-17-33(29-31)45-36-20-5-9-26-42(36)48(2)43-27-10-6-21-37(43)45/h3-29H,1-2H3/q+2. The second-order valence-electron chi connectivity index (χ2n) is 12.5. The fourth-order valence-electron chi connectivity index (χ4n) is 7.51. The summed E-state index contributed by atoms with van der Waals surface area (Å²) in [5.41, 5.74) is 13.8. The van der Waals surface area contributed by atoms with Crippen LogP contribution in [0.5, 0.6) is 0 Å². The van der Waals surface area contributed by atoms with Gasteiger partial charge in [0.05, 0.1) is 32.9 Å². The van der Waals surface area contributed by atoms with Gasteiger partial charge in [-0.1, -0.05) is 91.0 Å². The molecule has 9 rings (SSSR count). The van der Waals surface area contributed by atoms with Gasteiger partial charge in [-0.25, -0.2) is 4.98 Å². The second-order valence-corrected chi connectivity index (χ2v) is 12.5. The van der Waals surface area contributed by atoms with E-state index in [4.69, 9.17) is 4.98 Å². The first-order valence-electron chi connectivity index (χ1n) is 16.4. The van der Waals surface area contributed by atoms with E-state index in [0.717, 1.165) is 22.5 Å². The molecule has 3 nitrogen and oxygen atoms in total. The van der Waals surface area contributed by atoms with Crippen molar-refractivity contribution in [2.24, 2.45) is 14.1 Å². The van der Waals surface area contributed by atoms with Crippen LogP contribution in [0.25, 0.3) is 88.4 Å². The third-order valence-electron chi connectivity index (χ3n) is 9.78. The number of aryl methyl sites for hydroxylation is 2. The number of nitrogens with zero attached hydrogens (tertiary/aromatic N) is 3. The molecule has 6 aromatic carbocycles. The number of para-hydroxylation sites is 4. The molecule has 0 N–H and O–H groups in total. The zero-order chi connectivity index (χ0) is 32.2. The average Bonchev–Trinajstić information content (AvgIpc) is 3.15. The molecule has 0 saturated heterocycles. The Balaban J connectivity index is 1.17. The van der Waals surface area contributed by atoms with Crippen molar-refractivity contribution in [2.45, 2.75) is 0 Å². The molecule has 3 aromatic heterocycles. The minimum atomic E-state index is 0.956. The molecule has 3 heteroatoms. The SMILES string of the molecule is C[n+]1c2ccccc2c(-c2cccc(-c3cccc(-c4cccc(-c5c6ccccc6[n+](C)c6ccccc56)c4)n3)c2)c2ccccc21. The van der Waals surface area contributed by atoms with E-state index in [9.17, 15) is 0 Å². The number of pyridine rings is 3. The predicted molar refractivity (Wildman–Crippen MR) is 198 cm³/mol. The summed E-state index contributed by atoms with van der Waals surface area (Å²) in [5.74, 6) is 0. The Hall–Kier alpha value is -6.19. The summed E-state index contributed by atoms with van der Waals surface area (Å²) in [4.78, 5) is 5.25. The molecule has 48 heavy (non-hydrogen) atoms. The van der Waals surface area contributed by atoms with Gasteiger partial charge >= 0.3 is 0 Å². The Morgan fingerprint density at radius 3 is 1.02 bits per heavy atom. The van der Waals surface area contributed by atoms with Crippen LogP contribution in [-0.2, 0) is 14.1 Å². The van der Waals surface area contributed by atoms with Crippen LogP contribution < -0.4 is 9.13 Å². The molecule has 0 amide bonds. The van der Waals surface area contributed by atoms with E-state index >= 15 is 0 Å². The van der Waals surface area contributed by atoms with Gasteiger partial charge in [0, 0.05) is 46.5 Å². The number of rotatable bonds is 4. The van der Waals surface area contributed by atoms with E-state index in [1.165, 1.54) is 65.9 Å². The molecule has 3 heterocycles. The summed E-state index contributed by atoms with van der Waals surface area (Å²) in [5, 5.41) is 4.96. The van der Waals surface area contributed by atoms with Gasteiger partial charge in [0.2, 0.25) is 22.1 Å². The minimum absolute atomic E-state index is 0.956. The molecule has 0 aliphatic heterocycles. The summed E-state index contributed by atoms with van der Waals surface area (Å²) in [6.45, 7) is 0. The summed E-state index contributed by atoms with van der Waals surface area (Å²) >= 11 is 0. The summed E-state index contributed by atoms with van der Waals surface area (Å²) in [6.07, 6.45) is 0. The van der Waals surface area contributed by atoms with Gasteiger partial charge in [0.15, 0.2) is 0 Å². The third-order valence-corrected chi connectivity index (χ3v) is 9.78. The Morgan fingerprint density at radius 2 is 0.646 bits per heavy atom. The van der Waals surface area contributed by atoms with Crippen LogP contribution in [0.1, 0.15) is 0 Å². The Kier molecular flexibility index (Phi) is 6.58. The van der Waals surface area contributed by atoms with Gasteiger partial charge in [0.25, 0.3) is 0 Å². The molecular formula is C45H33N3+2. The predicted octanol–water partition coefficient (Wildman–Crippen LogP) is 10.0. The van der Waals surface area contributed by atoms with Gasteiger partial charge in [-0.05, 0) is 59.7 Å². The summed E-state index contributed by atoms with van der Waals surface area (Å²) in [6, 6.07) is 58.7. The first-order chi connectivity index (χ1) is 23.7. The summed E-state index contributed by atoms with van der Waals surface area (Å²) < 4.78 is 4.58. The van der Waals surface area contributed by atoms with E-state index in [0.29, 0.717) is 0 Å². The van der Waals surface area contributed by atoms with Gasteiger partial charge in [0.1, 0.15) is 14.1 Å². The first-order valence-corrected chi connectivity index (χ1v) is 16.4. The van der Waals surface area contributed by atoms with Crippen molar-refractivity contribution in [3.05, 3.63) is 164 Å². The van der Waals surface area contributed by atoms with Crippen molar-refractivity contribution >= 4 is 43.6 Å². The Bertz CT molecular complexity index is 2410. The molecule has 0 aliphatic carbocycles. The first kappa shape index (κ1) is 28.1. The molecule has 0 aliphatic rings. The molecule has 0 fully saturated rings. The van der Waals surface area contributed by atoms with Crippen molar-refractivity contribution in [1.82, 2.24) is 4.98 Å². The van der Waals surface area contributed by atoms with E-state index in [-0.39, 0.29) is 0 Å². The van der Waals surface area contributed by atoms with Crippen molar-refractivity contribution < 1.29 is 9.13 Å². The normalized spacial score (nSPS) is 11.5. The van der Waals surface area contributed by atoms with Crippen LogP contribution in [-0.4, -0.2) is 4.98 Å². The molecule has 0 radical (unpaired) electrons. The van der Waals surface area contributed by atoms with E-state index < -0.39 is 0 Å². The fraction of sp³-hybridized carbons (Fsp3) is 0.0444. The topological polar surface area (TPSA) is 20.6 Å². The molecule has 0 bridgehead atoms. The van der Waals surface area contributed by atoms with E-state index in [1.54, 1.807) is 0 Å².